The van der Waals surface area contributed by atoms with Crippen LogP contribution >= 0.6 is 0 Å². The maximum atomic E-state index is 13.3. The Hall–Kier alpha value is -3.19. The first kappa shape index (κ1) is 17.2. The van der Waals surface area contributed by atoms with E-state index >= 15 is 0 Å². The maximum absolute atomic E-state index is 13.3. The van der Waals surface area contributed by atoms with Crippen LogP contribution in [0.2, 0.25) is 0 Å². The van der Waals surface area contributed by atoms with Gasteiger partial charge in [0, 0.05) is 6.20 Å². The predicted molar refractivity (Wildman–Crippen MR) is 101 cm³/mol. The second-order valence-electron chi connectivity index (χ2n) is 5.98. The summed E-state index contributed by atoms with van der Waals surface area (Å²) in [7, 11) is -3.89. The molecule has 0 bridgehead atoms. The molecule has 2 aromatic carbocycles. The number of rotatable bonds is 5. The molecule has 7 heteroatoms. The molecule has 136 valence electrons. The van der Waals surface area contributed by atoms with E-state index in [0.29, 0.717) is 5.69 Å². The number of fused-ring (bicyclic) bond motifs is 1. The number of anilines is 1. The first-order chi connectivity index (χ1) is 13.1. The minimum Gasteiger partial charge on any atom is -0.302 e. The highest BCUT2D eigenvalue weighted by molar-refractivity contribution is 7.92. The normalized spacial score (nSPS) is 11.6. The molecule has 0 unspecified atom stereocenters. The maximum Gasteiger partial charge on any atom is 0.264 e. The molecule has 27 heavy (non-hydrogen) atoms. The zero-order chi connectivity index (χ0) is 18.9. The number of hydrogen-bond donors (Lipinski definition) is 0. The molecular weight excluding hydrogens is 365 g/mol. The Labute approximate surface area is 156 Å². The van der Waals surface area contributed by atoms with E-state index < -0.39 is 15.8 Å². The summed E-state index contributed by atoms with van der Waals surface area (Å²) in [5.41, 5.74) is 1.98. The van der Waals surface area contributed by atoms with Gasteiger partial charge in [0.05, 0.1) is 29.0 Å². The lowest BCUT2D eigenvalue weighted by Crippen LogP contribution is -2.31. The molecule has 5 nitrogen and oxygen atoms in total. The van der Waals surface area contributed by atoms with Gasteiger partial charge in [-0.3, -0.25) is 4.31 Å². The lowest BCUT2D eigenvalue weighted by atomic mass is 10.3. The molecule has 0 saturated carbocycles. The molecule has 0 aliphatic heterocycles. The quantitative estimate of drug-likeness (QED) is 0.527. The highest BCUT2D eigenvalue weighted by Gasteiger charge is 2.26. The third-order valence-electron chi connectivity index (χ3n) is 4.25. The fraction of sp³-hybridized carbons (Fsp3) is 0.0500. The third kappa shape index (κ3) is 3.29. The lowest BCUT2D eigenvalue weighted by molar-refractivity contribution is 0.588. The summed E-state index contributed by atoms with van der Waals surface area (Å²) in [6.45, 7) is 0.0922. The van der Waals surface area contributed by atoms with Crippen molar-refractivity contribution in [2.24, 2.45) is 0 Å². The zero-order valence-corrected chi connectivity index (χ0v) is 15.1. The highest BCUT2D eigenvalue weighted by atomic mass is 32.2. The number of aromatic nitrogens is 2. The van der Waals surface area contributed by atoms with Crippen LogP contribution in [-0.4, -0.2) is 17.8 Å². The number of para-hydroxylation sites is 1. The van der Waals surface area contributed by atoms with Crippen molar-refractivity contribution < 1.29 is 12.8 Å². The average Bonchev–Trinajstić information content (AvgIpc) is 3.10. The van der Waals surface area contributed by atoms with E-state index in [9.17, 15) is 12.8 Å². The van der Waals surface area contributed by atoms with Crippen molar-refractivity contribution in [1.29, 1.82) is 0 Å². The largest absolute Gasteiger partial charge is 0.302 e. The number of halogens is 1. The van der Waals surface area contributed by atoms with Crippen molar-refractivity contribution >= 4 is 21.4 Å². The SMILES string of the molecule is O=S(=O)(c1ccc(F)cc1)N(Cc1cnc2ccccn12)c1ccccc1. The lowest BCUT2D eigenvalue weighted by Gasteiger charge is -2.24. The van der Waals surface area contributed by atoms with Gasteiger partial charge in [-0.05, 0) is 48.5 Å². The third-order valence-corrected chi connectivity index (χ3v) is 6.03. The van der Waals surface area contributed by atoms with Crippen molar-refractivity contribution in [3.8, 4) is 0 Å². The molecule has 4 rings (SSSR count). The van der Waals surface area contributed by atoms with E-state index in [0.717, 1.165) is 23.5 Å². The molecule has 0 saturated heterocycles. The van der Waals surface area contributed by atoms with Crippen molar-refractivity contribution in [1.82, 2.24) is 9.38 Å². The Balaban J connectivity index is 1.81. The van der Waals surface area contributed by atoms with E-state index in [1.807, 2.05) is 34.9 Å². The van der Waals surface area contributed by atoms with Crippen LogP contribution in [-0.2, 0) is 16.6 Å². The minimum atomic E-state index is -3.89. The Morgan fingerprint density at radius 2 is 1.63 bits per heavy atom. The smallest absolute Gasteiger partial charge is 0.264 e. The van der Waals surface area contributed by atoms with Crippen LogP contribution < -0.4 is 4.31 Å². The molecule has 0 amide bonds. The van der Waals surface area contributed by atoms with Gasteiger partial charge in [0.2, 0.25) is 0 Å². The summed E-state index contributed by atoms with van der Waals surface area (Å²) in [5, 5.41) is 0. The number of sulfonamides is 1. The predicted octanol–water partition coefficient (Wildman–Crippen LogP) is 3.87. The van der Waals surface area contributed by atoms with E-state index in [-0.39, 0.29) is 11.4 Å². The fourth-order valence-electron chi connectivity index (χ4n) is 2.89. The second-order valence-corrected chi connectivity index (χ2v) is 7.84. The van der Waals surface area contributed by atoms with Crippen molar-refractivity contribution in [3.05, 3.63) is 96.7 Å². The zero-order valence-electron chi connectivity index (χ0n) is 14.2. The molecule has 4 aromatic rings. The summed E-state index contributed by atoms with van der Waals surface area (Å²) >= 11 is 0. The molecule has 0 atom stereocenters. The molecule has 2 heterocycles. The Morgan fingerprint density at radius 1 is 0.926 bits per heavy atom. The molecule has 0 spiro atoms. The van der Waals surface area contributed by atoms with Gasteiger partial charge in [0.25, 0.3) is 10.0 Å². The molecule has 0 N–H and O–H groups in total. The molecule has 0 radical (unpaired) electrons. The van der Waals surface area contributed by atoms with Crippen molar-refractivity contribution in [3.63, 3.8) is 0 Å². The number of pyridine rings is 1. The Bertz CT molecular complexity index is 1170. The molecular formula is C20H16FN3O2S. The van der Waals surface area contributed by atoms with Gasteiger partial charge >= 0.3 is 0 Å². The minimum absolute atomic E-state index is 0.0292. The number of imidazole rings is 1. The topological polar surface area (TPSA) is 54.7 Å². The van der Waals surface area contributed by atoms with Crippen LogP contribution in [0.5, 0.6) is 0 Å². The van der Waals surface area contributed by atoms with E-state index in [4.69, 9.17) is 0 Å². The van der Waals surface area contributed by atoms with E-state index in [2.05, 4.69) is 4.98 Å². The fourth-order valence-corrected chi connectivity index (χ4v) is 4.33. The van der Waals surface area contributed by atoms with Crippen LogP contribution in [0.1, 0.15) is 5.69 Å². The van der Waals surface area contributed by atoms with Gasteiger partial charge in [-0.1, -0.05) is 24.3 Å². The van der Waals surface area contributed by atoms with Gasteiger partial charge in [-0.25, -0.2) is 17.8 Å². The standard InChI is InChI=1S/C20H16FN3O2S/c21-16-9-11-19(12-10-16)27(25,26)24(17-6-2-1-3-7-17)15-18-14-22-20-8-4-5-13-23(18)20/h1-14H,15H2. The summed E-state index contributed by atoms with van der Waals surface area (Å²) in [6, 6.07) is 19.2. The molecule has 2 aromatic heterocycles. The Morgan fingerprint density at radius 3 is 2.37 bits per heavy atom. The molecule has 0 aliphatic rings. The van der Waals surface area contributed by atoms with Crippen molar-refractivity contribution in [2.45, 2.75) is 11.4 Å². The summed E-state index contributed by atoms with van der Waals surface area (Å²) in [5.74, 6) is -0.484. The van der Waals surface area contributed by atoms with Gasteiger partial charge in [-0.15, -0.1) is 0 Å². The second kappa shape index (κ2) is 6.85. The first-order valence-electron chi connectivity index (χ1n) is 8.30. The summed E-state index contributed by atoms with van der Waals surface area (Å²) in [6.07, 6.45) is 3.50. The number of benzene rings is 2. The Kier molecular flexibility index (Phi) is 4.37. The first-order valence-corrected chi connectivity index (χ1v) is 9.74. The average molecular weight is 381 g/mol. The van der Waals surface area contributed by atoms with E-state index in [1.165, 1.54) is 16.4 Å². The monoisotopic (exact) mass is 381 g/mol. The van der Waals surface area contributed by atoms with Gasteiger partial charge in [0.1, 0.15) is 11.5 Å². The molecule has 0 fully saturated rings. The summed E-state index contributed by atoms with van der Waals surface area (Å²) < 4.78 is 43.0. The van der Waals surface area contributed by atoms with Crippen LogP contribution in [0.15, 0.2) is 90.1 Å². The molecule has 0 aliphatic carbocycles. The van der Waals surface area contributed by atoms with Crippen LogP contribution in [0.4, 0.5) is 10.1 Å². The van der Waals surface area contributed by atoms with E-state index in [1.54, 1.807) is 30.5 Å². The summed E-state index contributed by atoms with van der Waals surface area (Å²) in [4.78, 5) is 4.35. The van der Waals surface area contributed by atoms with Crippen LogP contribution in [0, 0.1) is 5.82 Å². The van der Waals surface area contributed by atoms with Crippen LogP contribution in [0.3, 0.4) is 0 Å². The van der Waals surface area contributed by atoms with Crippen LogP contribution in [0.25, 0.3) is 5.65 Å². The van der Waals surface area contributed by atoms with Crippen molar-refractivity contribution in [2.75, 3.05) is 4.31 Å². The number of nitrogens with zero attached hydrogens (tertiary/aromatic N) is 3. The highest BCUT2D eigenvalue weighted by Crippen LogP contribution is 2.26. The van der Waals surface area contributed by atoms with Gasteiger partial charge < -0.3 is 4.40 Å². The number of hydrogen-bond acceptors (Lipinski definition) is 3. The van der Waals surface area contributed by atoms with Gasteiger partial charge in [-0.2, -0.15) is 0 Å². The van der Waals surface area contributed by atoms with Gasteiger partial charge in [0.15, 0.2) is 0 Å².